The highest BCUT2D eigenvalue weighted by atomic mass is 16.3. The van der Waals surface area contributed by atoms with Crippen LogP contribution in [0.5, 0.6) is 0 Å². The second-order valence-electron chi connectivity index (χ2n) is 5.49. The summed E-state index contributed by atoms with van der Waals surface area (Å²) in [5, 5.41) is 12.5. The standard InChI is InChI=1S/C14H30N2O/c1-3-15-14(12-17)9-10-16(2)11-13-7-5-4-6-8-13/h13-15,17H,3-12H2,1-2H3. The van der Waals surface area contributed by atoms with Gasteiger partial charge in [-0.25, -0.2) is 0 Å². The van der Waals surface area contributed by atoms with Gasteiger partial charge in [-0.05, 0) is 45.3 Å². The van der Waals surface area contributed by atoms with Crippen molar-refractivity contribution < 1.29 is 5.11 Å². The van der Waals surface area contributed by atoms with Crippen LogP contribution in [0.1, 0.15) is 45.4 Å². The van der Waals surface area contributed by atoms with E-state index in [1.807, 2.05) is 0 Å². The van der Waals surface area contributed by atoms with Crippen LogP contribution in [0.2, 0.25) is 0 Å². The van der Waals surface area contributed by atoms with Gasteiger partial charge in [0.25, 0.3) is 0 Å². The Balaban J connectivity index is 2.12. The van der Waals surface area contributed by atoms with E-state index in [0.717, 1.165) is 25.4 Å². The van der Waals surface area contributed by atoms with Crippen molar-refractivity contribution in [3.63, 3.8) is 0 Å². The monoisotopic (exact) mass is 242 g/mol. The van der Waals surface area contributed by atoms with Crippen molar-refractivity contribution in [3.05, 3.63) is 0 Å². The van der Waals surface area contributed by atoms with Crippen LogP contribution < -0.4 is 5.32 Å². The minimum Gasteiger partial charge on any atom is -0.395 e. The van der Waals surface area contributed by atoms with Gasteiger partial charge in [-0.3, -0.25) is 0 Å². The molecule has 0 spiro atoms. The topological polar surface area (TPSA) is 35.5 Å². The Kier molecular flexibility index (Phi) is 7.82. The fourth-order valence-corrected chi connectivity index (χ4v) is 2.82. The van der Waals surface area contributed by atoms with Gasteiger partial charge in [0.15, 0.2) is 0 Å². The number of hydrogen-bond acceptors (Lipinski definition) is 3. The molecule has 0 radical (unpaired) electrons. The fraction of sp³-hybridized carbons (Fsp3) is 1.00. The quantitative estimate of drug-likeness (QED) is 0.682. The Hall–Kier alpha value is -0.120. The Bertz CT molecular complexity index is 181. The molecule has 0 heterocycles. The number of aliphatic hydroxyl groups excluding tert-OH is 1. The summed E-state index contributed by atoms with van der Waals surface area (Å²) in [5.41, 5.74) is 0. The van der Waals surface area contributed by atoms with E-state index in [2.05, 4.69) is 24.2 Å². The van der Waals surface area contributed by atoms with Gasteiger partial charge >= 0.3 is 0 Å². The zero-order chi connectivity index (χ0) is 12.5. The molecule has 1 saturated carbocycles. The molecule has 0 amide bonds. The Morgan fingerprint density at radius 3 is 2.59 bits per heavy atom. The lowest BCUT2D eigenvalue weighted by molar-refractivity contribution is 0.198. The molecule has 0 aromatic rings. The molecular weight excluding hydrogens is 212 g/mol. The summed E-state index contributed by atoms with van der Waals surface area (Å²) in [6.07, 6.45) is 8.17. The second-order valence-corrected chi connectivity index (χ2v) is 5.49. The van der Waals surface area contributed by atoms with Crippen molar-refractivity contribution >= 4 is 0 Å². The number of aliphatic hydroxyl groups is 1. The van der Waals surface area contributed by atoms with Crippen LogP contribution in [0.25, 0.3) is 0 Å². The zero-order valence-corrected chi connectivity index (χ0v) is 11.6. The lowest BCUT2D eigenvalue weighted by Crippen LogP contribution is -2.37. The molecule has 0 aromatic carbocycles. The highest BCUT2D eigenvalue weighted by Crippen LogP contribution is 2.24. The molecule has 3 heteroatoms. The van der Waals surface area contributed by atoms with Crippen molar-refractivity contribution in [3.8, 4) is 0 Å². The summed E-state index contributed by atoms with van der Waals surface area (Å²) >= 11 is 0. The minimum absolute atomic E-state index is 0.255. The average Bonchev–Trinajstić information content (AvgIpc) is 2.35. The van der Waals surface area contributed by atoms with E-state index in [-0.39, 0.29) is 12.6 Å². The fourth-order valence-electron chi connectivity index (χ4n) is 2.82. The predicted molar refractivity (Wildman–Crippen MR) is 73.2 cm³/mol. The largest absolute Gasteiger partial charge is 0.395 e. The second kappa shape index (κ2) is 8.90. The van der Waals surface area contributed by atoms with Crippen molar-refractivity contribution in [1.29, 1.82) is 0 Å². The molecule has 1 aliphatic rings. The Morgan fingerprint density at radius 2 is 2.00 bits per heavy atom. The zero-order valence-electron chi connectivity index (χ0n) is 11.6. The molecule has 1 fully saturated rings. The van der Waals surface area contributed by atoms with Crippen molar-refractivity contribution in [1.82, 2.24) is 10.2 Å². The number of hydrogen-bond donors (Lipinski definition) is 2. The molecule has 1 aliphatic carbocycles. The molecule has 102 valence electrons. The molecule has 2 N–H and O–H groups in total. The molecule has 1 atom stereocenters. The van der Waals surface area contributed by atoms with Gasteiger partial charge in [-0.15, -0.1) is 0 Å². The molecule has 1 unspecified atom stereocenters. The molecular formula is C14H30N2O. The number of nitrogens with zero attached hydrogens (tertiary/aromatic N) is 1. The van der Waals surface area contributed by atoms with Crippen LogP contribution >= 0.6 is 0 Å². The van der Waals surface area contributed by atoms with Crippen molar-refractivity contribution in [2.75, 3.05) is 33.3 Å². The lowest BCUT2D eigenvalue weighted by atomic mass is 9.89. The lowest BCUT2D eigenvalue weighted by Gasteiger charge is -2.28. The number of nitrogens with one attached hydrogen (secondary N) is 1. The van der Waals surface area contributed by atoms with Gasteiger partial charge in [0.2, 0.25) is 0 Å². The Labute approximate surface area is 107 Å². The third kappa shape index (κ3) is 6.39. The van der Waals surface area contributed by atoms with Crippen LogP contribution in [-0.2, 0) is 0 Å². The molecule has 0 aliphatic heterocycles. The van der Waals surface area contributed by atoms with E-state index >= 15 is 0 Å². The van der Waals surface area contributed by atoms with E-state index in [0.29, 0.717) is 0 Å². The normalized spacial score (nSPS) is 19.8. The first-order valence-electron chi connectivity index (χ1n) is 7.29. The van der Waals surface area contributed by atoms with E-state index in [9.17, 15) is 5.11 Å². The smallest absolute Gasteiger partial charge is 0.0585 e. The highest BCUT2D eigenvalue weighted by Gasteiger charge is 2.15. The molecule has 0 saturated heterocycles. The first-order chi connectivity index (χ1) is 8.26. The van der Waals surface area contributed by atoms with Gasteiger partial charge in [-0.1, -0.05) is 26.2 Å². The Morgan fingerprint density at radius 1 is 1.29 bits per heavy atom. The maximum Gasteiger partial charge on any atom is 0.0585 e. The van der Waals surface area contributed by atoms with Crippen molar-refractivity contribution in [2.45, 2.75) is 51.5 Å². The van der Waals surface area contributed by atoms with Gasteiger partial charge < -0.3 is 15.3 Å². The van der Waals surface area contributed by atoms with Gasteiger partial charge in [0.05, 0.1) is 6.61 Å². The number of rotatable bonds is 8. The van der Waals surface area contributed by atoms with Crippen LogP contribution in [0.4, 0.5) is 0 Å². The van der Waals surface area contributed by atoms with E-state index in [1.54, 1.807) is 0 Å². The molecule has 3 nitrogen and oxygen atoms in total. The average molecular weight is 242 g/mol. The predicted octanol–water partition coefficient (Wildman–Crippen LogP) is 1.86. The van der Waals surface area contributed by atoms with E-state index < -0.39 is 0 Å². The van der Waals surface area contributed by atoms with Crippen LogP contribution in [-0.4, -0.2) is 49.3 Å². The first-order valence-corrected chi connectivity index (χ1v) is 7.29. The first kappa shape index (κ1) is 14.9. The maximum absolute atomic E-state index is 9.21. The van der Waals surface area contributed by atoms with Crippen LogP contribution in [0, 0.1) is 5.92 Å². The van der Waals surface area contributed by atoms with Gasteiger partial charge in [0.1, 0.15) is 0 Å². The van der Waals surface area contributed by atoms with Crippen LogP contribution in [0.3, 0.4) is 0 Å². The summed E-state index contributed by atoms with van der Waals surface area (Å²) in [6.45, 7) is 5.62. The van der Waals surface area contributed by atoms with Crippen LogP contribution in [0.15, 0.2) is 0 Å². The highest BCUT2D eigenvalue weighted by molar-refractivity contribution is 4.71. The van der Waals surface area contributed by atoms with E-state index in [1.165, 1.54) is 38.6 Å². The van der Waals surface area contributed by atoms with E-state index in [4.69, 9.17) is 0 Å². The number of likely N-dealkylation sites (N-methyl/N-ethyl adjacent to an activating group) is 1. The summed E-state index contributed by atoms with van der Waals surface area (Å²) < 4.78 is 0. The summed E-state index contributed by atoms with van der Waals surface area (Å²) in [4.78, 5) is 2.44. The molecule has 1 rings (SSSR count). The third-order valence-corrected chi connectivity index (χ3v) is 3.87. The summed E-state index contributed by atoms with van der Waals surface area (Å²) in [5.74, 6) is 0.917. The SMILES string of the molecule is CCNC(CO)CCN(C)CC1CCCCC1. The molecule has 0 aromatic heterocycles. The summed E-state index contributed by atoms with van der Waals surface area (Å²) in [7, 11) is 2.22. The molecule has 17 heavy (non-hydrogen) atoms. The third-order valence-electron chi connectivity index (χ3n) is 3.87. The van der Waals surface area contributed by atoms with Gasteiger partial charge in [0, 0.05) is 12.6 Å². The molecule has 0 bridgehead atoms. The van der Waals surface area contributed by atoms with Gasteiger partial charge in [-0.2, -0.15) is 0 Å². The minimum atomic E-state index is 0.255. The summed E-state index contributed by atoms with van der Waals surface area (Å²) in [6, 6.07) is 0.272. The van der Waals surface area contributed by atoms with Crippen molar-refractivity contribution in [2.24, 2.45) is 5.92 Å². The maximum atomic E-state index is 9.21.